The van der Waals surface area contributed by atoms with Crippen molar-refractivity contribution in [3.8, 4) is 0 Å². The number of thiol groups is 1. The van der Waals surface area contributed by atoms with Crippen LogP contribution >= 0.6 is 12.6 Å². The molecule has 0 bridgehead atoms. The fraction of sp³-hybridized carbons (Fsp3) is 0.0625. The minimum Gasteiger partial charge on any atom is -0.256 e. The molecule has 2 aromatic carbocycles. The molecule has 1 atom stereocenters. The largest absolute Gasteiger partial charge is 0.256 e. The van der Waals surface area contributed by atoms with Gasteiger partial charge in [0.2, 0.25) is 0 Å². The van der Waals surface area contributed by atoms with Crippen LogP contribution < -0.4 is 0 Å². The highest BCUT2D eigenvalue weighted by molar-refractivity contribution is 7.80. The molecule has 0 amide bonds. The van der Waals surface area contributed by atoms with Crippen LogP contribution in [-0.2, 0) is 0 Å². The third-order valence-corrected chi connectivity index (χ3v) is 3.64. The Bertz CT molecular complexity index is 664. The van der Waals surface area contributed by atoms with Crippen molar-refractivity contribution in [3.63, 3.8) is 0 Å². The van der Waals surface area contributed by atoms with Gasteiger partial charge in [-0.3, -0.25) is 4.98 Å². The molecule has 0 radical (unpaired) electrons. The highest BCUT2D eigenvalue weighted by atomic mass is 32.1. The van der Waals surface area contributed by atoms with Crippen molar-refractivity contribution in [1.82, 2.24) is 4.98 Å². The van der Waals surface area contributed by atoms with E-state index in [0.717, 1.165) is 16.5 Å². The van der Waals surface area contributed by atoms with E-state index in [9.17, 15) is 0 Å². The fourth-order valence-corrected chi connectivity index (χ4v) is 2.38. The van der Waals surface area contributed by atoms with Crippen LogP contribution in [0.25, 0.3) is 10.9 Å². The maximum atomic E-state index is 4.69. The number of pyridine rings is 1. The van der Waals surface area contributed by atoms with E-state index in [4.69, 9.17) is 12.6 Å². The minimum atomic E-state index is 0.0725. The number of para-hydroxylation sites is 1. The highest BCUT2D eigenvalue weighted by Crippen LogP contribution is 2.29. The van der Waals surface area contributed by atoms with Crippen molar-refractivity contribution in [3.05, 3.63) is 78.0 Å². The molecule has 0 N–H and O–H groups in total. The second-order valence-corrected chi connectivity index (χ2v) is 4.79. The molecule has 88 valence electrons. The Morgan fingerprint density at radius 1 is 0.833 bits per heavy atom. The molecule has 0 aliphatic rings. The normalized spacial score (nSPS) is 12.5. The molecule has 0 saturated heterocycles. The van der Waals surface area contributed by atoms with Gasteiger partial charge in [0.15, 0.2) is 0 Å². The topological polar surface area (TPSA) is 12.9 Å². The van der Waals surface area contributed by atoms with Gasteiger partial charge in [-0.15, -0.1) is 0 Å². The summed E-state index contributed by atoms with van der Waals surface area (Å²) in [6.45, 7) is 0. The van der Waals surface area contributed by atoms with Crippen LogP contribution in [0.1, 0.15) is 16.4 Å². The number of hydrogen-bond donors (Lipinski definition) is 1. The predicted octanol–water partition coefficient (Wildman–Crippen LogP) is 4.25. The Morgan fingerprint density at radius 3 is 2.39 bits per heavy atom. The summed E-state index contributed by atoms with van der Waals surface area (Å²) < 4.78 is 0. The Labute approximate surface area is 112 Å². The summed E-state index contributed by atoms with van der Waals surface area (Å²) in [5.41, 5.74) is 3.34. The Kier molecular flexibility index (Phi) is 3.03. The van der Waals surface area contributed by atoms with Crippen LogP contribution in [0.3, 0.4) is 0 Å². The first-order valence-electron chi connectivity index (χ1n) is 5.92. The molecule has 0 unspecified atom stereocenters. The van der Waals surface area contributed by atoms with E-state index in [-0.39, 0.29) is 5.25 Å². The molecule has 3 rings (SSSR count). The average Bonchev–Trinajstić information content (AvgIpc) is 2.47. The van der Waals surface area contributed by atoms with Gasteiger partial charge in [-0.1, -0.05) is 48.5 Å². The zero-order chi connectivity index (χ0) is 12.4. The first kappa shape index (κ1) is 11.3. The third kappa shape index (κ3) is 2.12. The SMILES string of the molecule is S[C@H](c1ccccc1)c1cnc2ccccc2c1. The molecule has 1 heterocycles. The monoisotopic (exact) mass is 251 g/mol. The molecular weight excluding hydrogens is 238 g/mol. The lowest BCUT2D eigenvalue weighted by molar-refractivity contribution is 1.14. The smallest absolute Gasteiger partial charge is 0.0702 e. The van der Waals surface area contributed by atoms with Crippen molar-refractivity contribution in [2.75, 3.05) is 0 Å². The van der Waals surface area contributed by atoms with E-state index in [2.05, 4.69) is 29.2 Å². The van der Waals surface area contributed by atoms with Crippen molar-refractivity contribution in [1.29, 1.82) is 0 Å². The van der Waals surface area contributed by atoms with Crippen LogP contribution in [0.4, 0.5) is 0 Å². The van der Waals surface area contributed by atoms with Gasteiger partial charge in [0.1, 0.15) is 0 Å². The van der Waals surface area contributed by atoms with E-state index in [1.54, 1.807) is 0 Å². The summed E-state index contributed by atoms with van der Waals surface area (Å²) in [6, 6.07) is 20.6. The van der Waals surface area contributed by atoms with E-state index < -0.39 is 0 Å². The molecule has 2 heteroatoms. The number of rotatable bonds is 2. The average molecular weight is 251 g/mol. The maximum absolute atomic E-state index is 4.69. The standard InChI is InChI=1S/C16H13NS/c18-16(12-6-2-1-3-7-12)14-10-13-8-4-5-9-15(13)17-11-14/h1-11,16,18H/t16-/m1/s1. The fourth-order valence-electron chi connectivity index (χ4n) is 2.07. The van der Waals surface area contributed by atoms with Gasteiger partial charge in [0.25, 0.3) is 0 Å². The van der Waals surface area contributed by atoms with Crippen LogP contribution in [0.2, 0.25) is 0 Å². The van der Waals surface area contributed by atoms with E-state index in [1.807, 2.05) is 42.6 Å². The number of nitrogens with zero attached hydrogens (tertiary/aromatic N) is 1. The number of benzene rings is 2. The van der Waals surface area contributed by atoms with E-state index in [0.29, 0.717) is 0 Å². The van der Waals surface area contributed by atoms with Crippen LogP contribution in [0.5, 0.6) is 0 Å². The summed E-state index contributed by atoms with van der Waals surface area (Å²) in [5, 5.41) is 1.23. The number of hydrogen-bond acceptors (Lipinski definition) is 2. The summed E-state index contributed by atoms with van der Waals surface area (Å²) in [7, 11) is 0. The Hall–Kier alpha value is -1.80. The Morgan fingerprint density at radius 2 is 1.56 bits per heavy atom. The van der Waals surface area contributed by atoms with E-state index >= 15 is 0 Å². The van der Waals surface area contributed by atoms with Gasteiger partial charge in [-0.25, -0.2) is 0 Å². The van der Waals surface area contributed by atoms with Crippen molar-refractivity contribution in [2.45, 2.75) is 5.25 Å². The van der Waals surface area contributed by atoms with Crippen molar-refractivity contribution < 1.29 is 0 Å². The van der Waals surface area contributed by atoms with Crippen LogP contribution in [0.15, 0.2) is 66.9 Å². The van der Waals surface area contributed by atoms with Gasteiger partial charge in [0, 0.05) is 11.6 Å². The lowest BCUT2D eigenvalue weighted by atomic mass is 10.0. The molecular formula is C16H13NS. The molecule has 3 aromatic rings. The van der Waals surface area contributed by atoms with Gasteiger partial charge in [0.05, 0.1) is 10.8 Å². The van der Waals surface area contributed by atoms with Crippen LogP contribution in [0, 0.1) is 0 Å². The second-order valence-electron chi connectivity index (χ2n) is 4.27. The molecule has 0 aliphatic carbocycles. The van der Waals surface area contributed by atoms with Gasteiger partial charge in [-0.2, -0.15) is 12.6 Å². The molecule has 0 spiro atoms. The van der Waals surface area contributed by atoms with Gasteiger partial charge < -0.3 is 0 Å². The minimum absolute atomic E-state index is 0.0725. The maximum Gasteiger partial charge on any atom is 0.0702 e. The highest BCUT2D eigenvalue weighted by Gasteiger charge is 2.09. The third-order valence-electron chi connectivity index (χ3n) is 3.04. The van der Waals surface area contributed by atoms with E-state index in [1.165, 1.54) is 5.56 Å². The second kappa shape index (κ2) is 4.83. The summed E-state index contributed by atoms with van der Waals surface area (Å²) >= 11 is 4.69. The Balaban J connectivity index is 2.04. The number of fused-ring (bicyclic) bond motifs is 1. The predicted molar refractivity (Wildman–Crippen MR) is 79.0 cm³/mol. The molecule has 0 fully saturated rings. The molecule has 1 nitrogen and oxygen atoms in total. The van der Waals surface area contributed by atoms with Crippen molar-refractivity contribution >= 4 is 23.5 Å². The quantitative estimate of drug-likeness (QED) is 0.672. The molecule has 18 heavy (non-hydrogen) atoms. The molecule has 1 aromatic heterocycles. The van der Waals surface area contributed by atoms with Gasteiger partial charge >= 0.3 is 0 Å². The lowest BCUT2D eigenvalue weighted by Gasteiger charge is -2.11. The van der Waals surface area contributed by atoms with Gasteiger partial charge in [-0.05, 0) is 23.3 Å². The molecule has 0 saturated carbocycles. The molecule has 0 aliphatic heterocycles. The summed E-state index contributed by atoms with van der Waals surface area (Å²) in [6.07, 6.45) is 1.91. The zero-order valence-corrected chi connectivity index (χ0v) is 10.7. The van der Waals surface area contributed by atoms with Crippen molar-refractivity contribution in [2.24, 2.45) is 0 Å². The number of aromatic nitrogens is 1. The zero-order valence-electron chi connectivity index (χ0n) is 9.82. The summed E-state index contributed by atoms with van der Waals surface area (Å²) in [5.74, 6) is 0. The first-order chi connectivity index (χ1) is 8.84. The summed E-state index contributed by atoms with van der Waals surface area (Å²) in [4.78, 5) is 4.48. The van der Waals surface area contributed by atoms with Crippen LogP contribution in [-0.4, -0.2) is 4.98 Å². The first-order valence-corrected chi connectivity index (χ1v) is 6.44. The lowest BCUT2D eigenvalue weighted by Crippen LogP contribution is -1.94.